The van der Waals surface area contributed by atoms with Crippen molar-refractivity contribution in [2.45, 2.75) is 70.4 Å². The molecule has 0 aliphatic carbocycles. The van der Waals surface area contributed by atoms with E-state index in [1.54, 1.807) is 32.9 Å². The van der Waals surface area contributed by atoms with Crippen molar-refractivity contribution in [3.05, 3.63) is 29.3 Å². The SMILES string of the molecule is Cc1ccc(S(=O)(=O)NC(C)(C)C)cc1C(=O)N1CCCCC1C. The molecule has 1 heterocycles. The third-order valence-corrected chi connectivity index (χ3v) is 6.01. The predicted octanol–water partition coefficient (Wildman–Crippen LogP) is 3.09. The lowest BCUT2D eigenvalue weighted by Crippen LogP contribution is -2.42. The molecule has 1 aliphatic rings. The summed E-state index contributed by atoms with van der Waals surface area (Å²) >= 11 is 0. The van der Waals surface area contributed by atoms with Crippen LogP contribution in [0, 0.1) is 6.92 Å². The van der Waals surface area contributed by atoms with Gasteiger partial charge in [0.2, 0.25) is 10.0 Å². The molecule has 134 valence electrons. The highest BCUT2D eigenvalue weighted by Crippen LogP contribution is 2.23. The number of hydrogen-bond acceptors (Lipinski definition) is 3. The van der Waals surface area contributed by atoms with Gasteiger partial charge >= 0.3 is 0 Å². The van der Waals surface area contributed by atoms with Crippen LogP contribution in [0.2, 0.25) is 0 Å². The molecule has 24 heavy (non-hydrogen) atoms. The molecule has 1 atom stereocenters. The number of amides is 1. The van der Waals surface area contributed by atoms with Gasteiger partial charge in [-0.25, -0.2) is 13.1 Å². The van der Waals surface area contributed by atoms with Crippen LogP contribution >= 0.6 is 0 Å². The molecule has 0 bridgehead atoms. The molecule has 0 spiro atoms. The molecular formula is C18H28N2O3S. The van der Waals surface area contributed by atoms with E-state index in [4.69, 9.17) is 0 Å². The quantitative estimate of drug-likeness (QED) is 0.909. The van der Waals surface area contributed by atoms with Gasteiger partial charge in [0.05, 0.1) is 4.90 Å². The summed E-state index contributed by atoms with van der Waals surface area (Å²) < 4.78 is 27.7. The van der Waals surface area contributed by atoms with Crippen LogP contribution in [0.4, 0.5) is 0 Å². The Bertz CT molecular complexity index is 720. The Balaban J connectivity index is 2.37. The molecule has 0 aromatic heterocycles. The molecular weight excluding hydrogens is 324 g/mol. The number of benzene rings is 1. The van der Waals surface area contributed by atoms with Crippen molar-refractivity contribution < 1.29 is 13.2 Å². The number of likely N-dealkylation sites (tertiary alicyclic amines) is 1. The highest BCUT2D eigenvalue weighted by atomic mass is 32.2. The number of rotatable bonds is 3. The fraction of sp³-hybridized carbons (Fsp3) is 0.611. The molecule has 2 rings (SSSR count). The lowest BCUT2D eigenvalue weighted by atomic mass is 10.0. The Morgan fingerprint density at radius 1 is 1.25 bits per heavy atom. The smallest absolute Gasteiger partial charge is 0.254 e. The van der Waals surface area contributed by atoms with Crippen LogP contribution in [0.5, 0.6) is 0 Å². The Labute approximate surface area is 145 Å². The van der Waals surface area contributed by atoms with Crippen LogP contribution in [0.1, 0.15) is 62.9 Å². The zero-order valence-electron chi connectivity index (χ0n) is 15.2. The first-order chi connectivity index (χ1) is 11.0. The third kappa shape index (κ3) is 4.36. The highest BCUT2D eigenvalue weighted by Gasteiger charge is 2.27. The van der Waals surface area contributed by atoms with E-state index in [2.05, 4.69) is 4.72 Å². The molecule has 1 aromatic rings. The molecule has 5 nitrogen and oxygen atoms in total. The molecule has 1 aliphatic heterocycles. The summed E-state index contributed by atoms with van der Waals surface area (Å²) in [6.07, 6.45) is 3.13. The number of nitrogens with one attached hydrogen (secondary N) is 1. The number of piperidine rings is 1. The summed E-state index contributed by atoms with van der Waals surface area (Å²) in [6.45, 7) is 10.0. The molecule has 1 amide bonds. The van der Waals surface area contributed by atoms with Gasteiger partial charge in [0.15, 0.2) is 0 Å². The van der Waals surface area contributed by atoms with Crippen molar-refractivity contribution in [2.24, 2.45) is 0 Å². The standard InChI is InChI=1S/C18H28N2O3S/c1-13-9-10-15(24(22,23)19-18(3,4)5)12-16(13)17(21)20-11-7-6-8-14(20)2/h9-10,12,14,19H,6-8,11H2,1-5H3. The highest BCUT2D eigenvalue weighted by molar-refractivity contribution is 7.89. The van der Waals surface area contributed by atoms with Gasteiger partial charge in [-0.2, -0.15) is 0 Å². The van der Waals surface area contributed by atoms with Crippen molar-refractivity contribution in [1.29, 1.82) is 0 Å². The van der Waals surface area contributed by atoms with E-state index >= 15 is 0 Å². The first-order valence-corrected chi connectivity index (χ1v) is 9.95. The Morgan fingerprint density at radius 2 is 1.92 bits per heavy atom. The molecule has 1 saturated heterocycles. The molecule has 1 aromatic carbocycles. The minimum atomic E-state index is -3.66. The topological polar surface area (TPSA) is 66.5 Å². The maximum absolute atomic E-state index is 12.9. The number of sulfonamides is 1. The molecule has 1 unspecified atom stereocenters. The summed E-state index contributed by atoms with van der Waals surface area (Å²) in [4.78, 5) is 14.9. The van der Waals surface area contributed by atoms with Gasteiger partial charge in [0.25, 0.3) is 5.91 Å². The average molecular weight is 353 g/mol. The summed E-state index contributed by atoms with van der Waals surface area (Å²) in [5.74, 6) is -0.0764. The monoisotopic (exact) mass is 352 g/mol. The van der Waals surface area contributed by atoms with Crippen molar-refractivity contribution >= 4 is 15.9 Å². The van der Waals surface area contributed by atoms with Crippen molar-refractivity contribution in [3.63, 3.8) is 0 Å². The van der Waals surface area contributed by atoms with Crippen LogP contribution in [-0.2, 0) is 10.0 Å². The summed E-state index contributed by atoms with van der Waals surface area (Å²) in [5, 5.41) is 0. The molecule has 0 radical (unpaired) electrons. The second-order valence-electron chi connectivity index (χ2n) is 7.68. The van der Waals surface area contributed by atoms with Crippen molar-refractivity contribution in [2.75, 3.05) is 6.54 Å². The van der Waals surface area contributed by atoms with Gasteiger partial charge in [0.1, 0.15) is 0 Å². The van der Waals surface area contributed by atoms with Gasteiger partial charge < -0.3 is 4.90 Å². The van der Waals surface area contributed by atoms with Crippen LogP contribution in [0.3, 0.4) is 0 Å². The van der Waals surface area contributed by atoms with E-state index in [9.17, 15) is 13.2 Å². The van der Waals surface area contributed by atoms with Gasteiger partial charge in [-0.05, 0) is 71.6 Å². The summed E-state index contributed by atoms with van der Waals surface area (Å²) in [7, 11) is -3.66. The Morgan fingerprint density at radius 3 is 2.50 bits per heavy atom. The fourth-order valence-electron chi connectivity index (χ4n) is 3.02. The Hall–Kier alpha value is -1.40. The third-order valence-electron chi connectivity index (χ3n) is 4.25. The Kier molecular flexibility index (Phi) is 5.40. The minimum Gasteiger partial charge on any atom is -0.336 e. The van der Waals surface area contributed by atoms with Crippen LogP contribution in [0.25, 0.3) is 0 Å². The van der Waals surface area contributed by atoms with E-state index in [-0.39, 0.29) is 16.8 Å². The first-order valence-electron chi connectivity index (χ1n) is 8.47. The van der Waals surface area contributed by atoms with E-state index in [1.807, 2.05) is 18.7 Å². The van der Waals surface area contributed by atoms with Crippen molar-refractivity contribution in [1.82, 2.24) is 9.62 Å². The maximum atomic E-state index is 12.9. The number of nitrogens with zero attached hydrogens (tertiary/aromatic N) is 1. The predicted molar refractivity (Wildman–Crippen MR) is 95.6 cm³/mol. The van der Waals surface area contributed by atoms with Crippen LogP contribution < -0.4 is 4.72 Å². The van der Waals surface area contributed by atoms with Crippen molar-refractivity contribution in [3.8, 4) is 0 Å². The van der Waals surface area contributed by atoms with Crippen LogP contribution in [-0.4, -0.2) is 37.4 Å². The lowest BCUT2D eigenvalue weighted by Gasteiger charge is -2.34. The fourth-order valence-corrected chi connectivity index (χ4v) is 4.46. The number of carbonyl (C=O) groups is 1. The zero-order chi connectivity index (χ0) is 18.1. The minimum absolute atomic E-state index is 0.0764. The van der Waals surface area contributed by atoms with E-state index in [0.29, 0.717) is 5.56 Å². The summed E-state index contributed by atoms with van der Waals surface area (Å²) in [5.41, 5.74) is 0.697. The lowest BCUT2D eigenvalue weighted by molar-refractivity contribution is 0.0634. The second-order valence-corrected chi connectivity index (χ2v) is 9.36. The van der Waals surface area contributed by atoms with Gasteiger partial charge in [-0.1, -0.05) is 6.07 Å². The van der Waals surface area contributed by atoms with E-state index in [1.165, 1.54) is 6.07 Å². The average Bonchev–Trinajstić information content (AvgIpc) is 2.45. The molecule has 0 saturated carbocycles. The number of aryl methyl sites for hydroxylation is 1. The van der Waals surface area contributed by atoms with Gasteiger partial charge in [-0.3, -0.25) is 4.79 Å². The first kappa shape index (κ1) is 18.9. The molecule has 1 fully saturated rings. The van der Waals surface area contributed by atoms with E-state index in [0.717, 1.165) is 31.4 Å². The molecule has 1 N–H and O–H groups in total. The number of hydrogen-bond donors (Lipinski definition) is 1. The maximum Gasteiger partial charge on any atom is 0.254 e. The normalized spacial score (nSPS) is 19.4. The zero-order valence-corrected chi connectivity index (χ0v) is 16.0. The second kappa shape index (κ2) is 6.84. The van der Waals surface area contributed by atoms with Gasteiger partial charge in [-0.15, -0.1) is 0 Å². The van der Waals surface area contributed by atoms with Crippen LogP contribution in [0.15, 0.2) is 23.1 Å². The molecule has 6 heteroatoms. The van der Waals surface area contributed by atoms with E-state index < -0.39 is 15.6 Å². The number of carbonyl (C=O) groups excluding carboxylic acids is 1. The van der Waals surface area contributed by atoms with Gasteiger partial charge in [0, 0.05) is 23.7 Å². The largest absolute Gasteiger partial charge is 0.336 e. The summed E-state index contributed by atoms with van der Waals surface area (Å²) in [6, 6.07) is 4.96.